The molecule has 15 heavy (non-hydrogen) atoms. The van der Waals surface area contributed by atoms with Crippen molar-refractivity contribution in [2.75, 3.05) is 32.7 Å². The number of hydrogen-bond donors (Lipinski definition) is 0. The molecule has 1 unspecified atom stereocenters. The van der Waals surface area contributed by atoms with Gasteiger partial charge in [-0.3, -0.25) is 4.90 Å². The topological polar surface area (TPSA) is 6.48 Å². The van der Waals surface area contributed by atoms with Gasteiger partial charge < -0.3 is 4.90 Å². The van der Waals surface area contributed by atoms with Crippen LogP contribution in [0.5, 0.6) is 0 Å². The van der Waals surface area contributed by atoms with E-state index in [1.54, 1.807) is 0 Å². The van der Waals surface area contributed by atoms with Crippen molar-refractivity contribution in [1.82, 2.24) is 9.80 Å². The summed E-state index contributed by atoms with van der Waals surface area (Å²) in [5, 5.41) is 0. The Labute approximate surface area is 93.6 Å². The number of fused-ring (bicyclic) bond motifs is 1. The van der Waals surface area contributed by atoms with Crippen LogP contribution < -0.4 is 0 Å². The number of hydrogen-bond acceptors (Lipinski definition) is 2. The Kier molecular flexibility index (Phi) is 2.98. The van der Waals surface area contributed by atoms with Crippen LogP contribution in [-0.4, -0.2) is 48.6 Å². The first-order valence-corrected chi connectivity index (χ1v) is 6.88. The van der Waals surface area contributed by atoms with E-state index in [4.69, 9.17) is 0 Å². The molecule has 1 saturated carbocycles. The molecule has 0 radical (unpaired) electrons. The maximum absolute atomic E-state index is 2.74. The SMILES string of the molecule is C1CC2CN(CCC3CC3)CCCN2C1. The van der Waals surface area contributed by atoms with E-state index in [2.05, 4.69) is 9.80 Å². The van der Waals surface area contributed by atoms with Crippen molar-refractivity contribution in [3.8, 4) is 0 Å². The van der Waals surface area contributed by atoms with Gasteiger partial charge >= 0.3 is 0 Å². The first-order chi connectivity index (χ1) is 7.42. The molecule has 0 amide bonds. The highest BCUT2D eigenvalue weighted by molar-refractivity contribution is 4.85. The number of rotatable bonds is 3. The minimum atomic E-state index is 0.909. The minimum absolute atomic E-state index is 0.909. The first kappa shape index (κ1) is 10.1. The van der Waals surface area contributed by atoms with Gasteiger partial charge in [0, 0.05) is 12.6 Å². The Morgan fingerprint density at radius 3 is 2.67 bits per heavy atom. The third-order valence-electron chi connectivity index (χ3n) is 4.44. The van der Waals surface area contributed by atoms with Gasteiger partial charge in [-0.1, -0.05) is 12.8 Å². The molecule has 3 aliphatic rings. The second-order valence-electron chi connectivity index (χ2n) is 5.72. The lowest BCUT2D eigenvalue weighted by atomic mass is 10.2. The summed E-state index contributed by atoms with van der Waals surface area (Å²) in [5.74, 6) is 1.10. The van der Waals surface area contributed by atoms with Crippen LogP contribution in [0.4, 0.5) is 0 Å². The summed E-state index contributed by atoms with van der Waals surface area (Å²) >= 11 is 0. The molecule has 2 aliphatic heterocycles. The maximum atomic E-state index is 2.74. The van der Waals surface area contributed by atoms with Crippen LogP contribution in [0.25, 0.3) is 0 Å². The van der Waals surface area contributed by atoms with Crippen molar-refractivity contribution < 1.29 is 0 Å². The molecule has 2 heterocycles. The average molecular weight is 208 g/mol. The molecule has 0 bridgehead atoms. The first-order valence-electron chi connectivity index (χ1n) is 6.88. The Bertz CT molecular complexity index is 213. The molecule has 0 aromatic carbocycles. The van der Waals surface area contributed by atoms with E-state index in [0.29, 0.717) is 0 Å². The zero-order valence-corrected chi connectivity index (χ0v) is 9.83. The average Bonchev–Trinajstić information content (AvgIpc) is 3.00. The second kappa shape index (κ2) is 4.42. The zero-order valence-electron chi connectivity index (χ0n) is 9.83. The van der Waals surface area contributed by atoms with Gasteiger partial charge in [0.25, 0.3) is 0 Å². The van der Waals surface area contributed by atoms with Crippen LogP contribution in [0.15, 0.2) is 0 Å². The molecule has 0 N–H and O–H groups in total. The van der Waals surface area contributed by atoms with Crippen molar-refractivity contribution in [3.63, 3.8) is 0 Å². The van der Waals surface area contributed by atoms with Crippen LogP contribution >= 0.6 is 0 Å². The van der Waals surface area contributed by atoms with Crippen molar-refractivity contribution in [1.29, 1.82) is 0 Å². The molecular formula is C13H24N2. The van der Waals surface area contributed by atoms with Crippen LogP contribution in [0.1, 0.15) is 38.5 Å². The highest BCUT2D eigenvalue weighted by Gasteiger charge is 2.29. The summed E-state index contributed by atoms with van der Waals surface area (Å²) in [4.78, 5) is 5.48. The molecule has 0 aromatic rings. The summed E-state index contributed by atoms with van der Waals surface area (Å²) < 4.78 is 0. The fraction of sp³-hybridized carbons (Fsp3) is 1.00. The second-order valence-corrected chi connectivity index (χ2v) is 5.72. The Morgan fingerprint density at radius 2 is 1.80 bits per heavy atom. The fourth-order valence-electron chi connectivity index (χ4n) is 3.26. The molecule has 1 atom stereocenters. The molecule has 3 fully saturated rings. The van der Waals surface area contributed by atoms with E-state index in [1.165, 1.54) is 71.2 Å². The van der Waals surface area contributed by atoms with E-state index in [9.17, 15) is 0 Å². The monoisotopic (exact) mass is 208 g/mol. The van der Waals surface area contributed by atoms with Crippen molar-refractivity contribution in [2.24, 2.45) is 5.92 Å². The van der Waals surface area contributed by atoms with E-state index in [1.807, 2.05) is 0 Å². The lowest BCUT2D eigenvalue weighted by Crippen LogP contribution is -2.37. The summed E-state index contributed by atoms with van der Waals surface area (Å²) in [6.45, 7) is 6.85. The predicted molar refractivity (Wildman–Crippen MR) is 63.0 cm³/mol. The third-order valence-corrected chi connectivity index (χ3v) is 4.44. The molecule has 2 heteroatoms. The normalized spacial score (nSPS) is 34.0. The minimum Gasteiger partial charge on any atom is -0.302 e. The molecule has 2 nitrogen and oxygen atoms in total. The number of nitrogens with zero attached hydrogens (tertiary/aromatic N) is 2. The summed E-state index contributed by atoms with van der Waals surface area (Å²) in [7, 11) is 0. The molecular weight excluding hydrogens is 184 g/mol. The molecule has 0 aromatic heterocycles. The molecule has 3 rings (SSSR count). The zero-order chi connectivity index (χ0) is 10.1. The largest absolute Gasteiger partial charge is 0.302 e. The molecule has 86 valence electrons. The Morgan fingerprint density at radius 1 is 0.933 bits per heavy atom. The van der Waals surface area contributed by atoms with Gasteiger partial charge in [-0.15, -0.1) is 0 Å². The quantitative estimate of drug-likeness (QED) is 0.699. The standard InChI is InChI=1S/C13H24N2/c1-3-13-11-14(10-6-12-4-5-12)7-2-9-15(13)8-1/h12-13H,1-11H2. The van der Waals surface area contributed by atoms with Gasteiger partial charge in [0.2, 0.25) is 0 Å². The van der Waals surface area contributed by atoms with E-state index in [0.717, 1.165) is 12.0 Å². The van der Waals surface area contributed by atoms with Gasteiger partial charge in [-0.05, 0) is 57.8 Å². The van der Waals surface area contributed by atoms with Gasteiger partial charge in [0.1, 0.15) is 0 Å². The van der Waals surface area contributed by atoms with Gasteiger partial charge in [0.05, 0.1) is 0 Å². The third kappa shape index (κ3) is 2.54. The summed E-state index contributed by atoms with van der Waals surface area (Å²) in [6, 6.07) is 0.909. The molecule has 1 aliphatic carbocycles. The maximum Gasteiger partial charge on any atom is 0.0223 e. The van der Waals surface area contributed by atoms with Gasteiger partial charge in [-0.2, -0.15) is 0 Å². The molecule has 0 spiro atoms. The van der Waals surface area contributed by atoms with Crippen LogP contribution in [0.3, 0.4) is 0 Å². The Balaban J connectivity index is 1.50. The lowest BCUT2D eigenvalue weighted by molar-refractivity contribution is 0.216. The van der Waals surface area contributed by atoms with E-state index in [-0.39, 0.29) is 0 Å². The highest BCUT2D eigenvalue weighted by Crippen LogP contribution is 2.32. The molecule has 2 saturated heterocycles. The van der Waals surface area contributed by atoms with Crippen LogP contribution in [-0.2, 0) is 0 Å². The van der Waals surface area contributed by atoms with E-state index >= 15 is 0 Å². The van der Waals surface area contributed by atoms with E-state index < -0.39 is 0 Å². The van der Waals surface area contributed by atoms with Gasteiger partial charge in [-0.25, -0.2) is 0 Å². The lowest BCUT2D eigenvalue weighted by Gasteiger charge is -2.25. The smallest absolute Gasteiger partial charge is 0.0223 e. The predicted octanol–water partition coefficient (Wildman–Crippen LogP) is 1.96. The van der Waals surface area contributed by atoms with Crippen molar-refractivity contribution in [3.05, 3.63) is 0 Å². The van der Waals surface area contributed by atoms with Crippen LogP contribution in [0, 0.1) is 5.92 Å². The Hall–Kier alpha value is -0.0800. The van der Waals surface area contributed by atoms with Crippen molar-refractivity contribution >= 4 is 0 Å². The fourth-order valence-corrected chi connectivity index (χ4v) is 3.26. The highest BCUT2D eigenvalue weighted by atomic mass is 15.3. The van der Waals surface area contributed by atoms with Crippen LogP contribution in [0.2, 0.25) is 0 Å². The van der Waals surface area contributed by atoms with Gasteiger partial charge in [0.15, 0.2) is 0 Å². The summed E-state index contributed by atoms with van der Waals surface area (Å²) in [6.07, 6.45) is 8.82. The summed E-state index contributed by atoms with van der Waals surface area (Å²) in [5.41, 5.74) is 0. The van der Waals surface area contributed by atoms with Crippen molar-refractivity contribution in [2.45, 2.75) is 44.6 Å².